The molecule has 0 saturated heterocycles. The van der Waals surface area contributed by atoms with Gasteiger partial charge in [0.05, 0.1) is 0 Å². The molecule has 0 radical (unpaired) electrons. The van der Waals surface area contributed by atoms with Crippen molar-refractivity contribution in [3.8, 4) is 28.4 Å². The third kappa shape index (κ3) is 3.83. The normalized spacial score (nSPS) is 11.1. The molecule has 7 N–H and O–H groups in total. The second kappa shape index (κ2) is 6.74. The maximum Gasteiger partial charge on any atom is 0.275 e. The van der Waals surface area contributed by atoms with E-state index in [2.05, 4.69) is 4.99 Å². The zero-order valence-electron chi connectivity index (χ0n) is 12.9. The summed E-state index contributed by atoms with van der Waals surface area (Å²) < 4.78 is 0. The van der Waals surface area contributed by atoms with Crippen molar-refractivity contribution < 1.29 is 20.1 Å². The quantitative estimate of drug-likeness (QED) is 0.251. The summed E-state index contributed by atoms with van der Waals surface area (Å²) in [6, 6.07) is 9.01. The van der Waals surface area contributed by atoms with Gasteiger partial charge in [0.1, 0.15) is 5.75 Å². The highest BCUT2D eigenvalue weighted by Gasteiger charge is 2.12. The highest BCUT2D eigenvalue weighted by molar-refractivity contribution is 6.04. The number of guanidine groups is 1. The Labute approximate surface area is 138 Å². The SMILES string of the molecule is CC(=Cc1cc(O)c(O)cc1-c1cccc(O)c1)C(=O)N=C(N)N. The van der Waals surface area contributed by atoms with Crippen LogP contribution in [0.4, 0.5) is 0 Å². The molecule has 2 aromatic carbocycles. The number of aromatic hydroxyl groups is 3. The van der Waals surface area contributed by atoms with Crippen molar-refractivity contribution in [3.63, 3.8) is 0 Å². The number of nitrogens with zero attached hydrogens (tertiary/aromatic N) is 1. The van der Waals surface area contributed by atoms with Gasteiger partial charge in [0.15, 0.2) is 17.5 Å². The summed E-state index contributed by atoms with van der Waals surface area (Å²) in [4.78, 5) is 15.3. The van der Waals surface area contributed by atoms with Crippen molar-refractivity contribution in [1.82, 2.24) is 0 Å². The fourth-order valence-corrected chi connectivity index (χ4v) is 2.14. The standard InChI is InChI=1S/C17H17N3O4/c1-9(16(24)20-17(18)19)5-11-7-14(22)15(23)8-13(11)10-3-2-4-12(21)6-10/h2-8,21-23H,1H3,(H4,18,19,20,24). The van der Waals surface area contributed by atoms with Gasteiger partial charge < -0.3 is 26.8 Å². The van der Waals surface area contributed by atoms with E-state index in [1.807, 2.05) is 0 Å². The first kappa shape index (κ1) is 16.9. The van der Waals surface area contributed by atoms with Gasteiger partial charge in [0, 0.05) is 5.57 Å². The van der Waals surface area contributed by atoms with Gasteiger partial charge in [0.25, 0.3) is 5.91 Å². The second-order valence-corrected chi connectivity index (χ2v) is 5.15. The third-order valence-corrected chi connectivity index (χ3v) is 3.24. The van der Waals surface area contributed by atoms with E-state index >= 15 is 0 Å². The minimum absolute atomic E-state index is 0.0447. The van der Waals surface area contributed by atoms with E-state index < -0.39 is 5.91 Å². The molecule has 0 saturated carbocycles. The van der Waals surface area contributed by atoms with Crippen LogP contribution in [-0.2, 0) is 4.79 Å². The maximum atomic E-state index is 11.8. The van der Waals surface area contributed by atoms with Gasteiger partial charge >= 0.3 is 0 Å². The van der Waals surface area contributed by atoms with E-state index in [0.29, 0.717) is 16.7 Å². The molecular formula is C17H17N3O4. The molecule has 2 aromatic rings. The molecule has 0 aliphatic rings. The second-order valence-electron chi connectivity index (χ2n) is 5.15. The average Bonchev–Trinajstić information content (AvgIpc) is 2.49. The number of nitrogens with two attached hydrogens (primary N) is 2. The zero-order chi connectivity index (χ0) is 17.9. The molecule has 124 valence electrons. The van der Waals surface area contributed by atoms with Gasteiger partial charge in [-0.2, -0.15) is 4.99 Å². The number of hydrogen-bond donors (Lipinski definition) is 5. The monoisotopic (exact) mass is 327 g/mol. The number of carbonyl (C=O) groups is 1. The summed E-state index contributed by atoms with van der Waals surface area (Å²) in [7, 11) is 0. The molecule has 0 unspecified atom stereocenters. The first-order valence-corrected chi connectivity index (χ1v) is 6.95. The first-order chi connectivity index (χ1) is 11.3. The Hall–Kier alpha value is -3.48. The molecule has 1 amide bonds. The highest BCUT2D eigenvalue weighted by Crippen LogP contribution is 2.36. The predicted octanol–water partition coefficient (Wildman–Crippen LogP) is 1.67. The Balaban J connectivity index is 2.59. The Morgan fingerprint density at radius 2 is 1.75 bits per heavy atom. The van der Waals surface area contributed by atoms with E-state index in [1.54, 1.807) is 12.1 Å². The van der Waals surface area contributed by atoms with Crippen LogP contribution in [0.1, 0.15) is 12.5 Å². The van der Waals surface area contributed by atoms with Crippen LogP contribution in [0.2, 0.25) is 0 Å². The molecule has 0 spiro atoms. The molecule has 0 bridgehead atoms. The summed E-state index contributed by atoms with van der Waals surface area (Å²) in [6.45, 7) is 1.52. The molecule has 24 heavy (non-hydrogen) atoms. The van der Waals surface area contributed by atoms with Crippen LogP contribution >= 0.6 is 0 Å². The summed E-state index contributed by atoms with van der Waals surface area (Å²) in [6.07, 6.45) is 1.48. The van der Waals surface area contributed by atoms with E-state index in [9.17, 15) is 20.1 Å². The Morgan fingerprint density at radius 3 is 2.38 bits per heavy atom. The molecule has 0 heterocycles. The molecular weight excluding hydrogens is 310 g/mol. The smallest absolute Gasteiger partial charge is 0.275 e. The zero-order valence-corrected chi connectivity index (χ0v) is 12.9. The van der Waals surface area contributed by atoms with Crippen LogP contribution in [0.5, 0.6) is 17.2 Å². The van der Waals surface area contributed by atoms with Crippen molar-refractivity contribution >= 4 is 17.9 Å². The fraction of sp³-hybridized carbons (Fsp3) is 0.0588. The highest BCUT2D eigenvalue weighted by atomic mass is 16.3. The molecule has 0 aromatic heterocycles. The van der Waals surface area contributed by atoms with Crippen molar-refractivity contribution in [2.45, 2.75) is 6.92 Å². The largest absolute Gasteiger partial charge is 0.508 e. The number of phenolic OH excluding ortho intramolecular Hbond substituents is 3. The molecule has 0 fully saturated rings. The summed E-state index contributed by atoms with van der Waals surface area (Å²) >= 11 is 0. The summed E-state index contributed by atoms with van der Waals surface area (Å²) in [5.74, 6) is -1.59. The summed E-state index contributed by atoms with van der Waals surface area (Å²) in [5.41, 5.74) is 12.2. The van der Waals surface area contributed by atoms with E-state index in [0.717, 1.165) is 0 Å². The predicted molar refractivity (Wildman–Crippen MR) is 91.3 cm³/mol. The third-order valence-electron chi connectivity index (χ3n) is 3.24. The van der Waals surface area contributed by atoms with Gasteiger partial charge in [-0.3, -0.25) is 4.79 Å². The van der Waals surface area contributed by atoms with E-state index in [-0.39, 0.29) is 28.8 Å². The fourth-order valence-electron chi connectivity index (χ4n) is 2.14. The first-order valence-electron chi connectivity index (χ1n) is 6.95. The number of phenols is 3. The number of amides is 1. The molecule has 7 heteroatoms. The number of aliphatic imine (C=N–C) groups is 1. The Morgan fingerprint density at radius 1 is 1.08 bits per heavy atom. The van der Waals surface area contributed by atoms with Crippen molar-refractivity contribution in [2.24, 2.45) is 16.5 Å². The van der Waals surface area contributed by atoms with E-state index in [1.165, 1.54) is 37.3 Å². The number of hydrogen-bond acceptors (Lipinski definition) is 4. The van der Waals surface area contributed by atoms with Crippen molar-refractivity contribution in [3.05, 3.63) is 47.5 Å². The average molecular weight is 327 g/mol. The van der Waals surface area contributed by atoms with Gasteiger partial charge in [-0.15, -0.1) is 0 Å². The maximum absolute atomic E-state index is 11.8. The molecule has 0 aliphatic heterocycles. The molecule has 0 atom stereocenters. The van der Waals surface area contributed by atoms with Crippen LogP contribution in [0.3, 0.4) is 0 Å². The molecule has 7 nitrogen and oxygen atoms in total. The van der Waals surface area contributed by atoms with Crippen LogP contribution < -0.4 is 11.5 Å². The van der Waals surface area contributed by atoms with Gasteiger partial charge in [-0.1, -0.05) is 12.1 Å². The van der Waals surface area contributed by atoms with Gasteiger partial charge in [-0.25, -0.2) is 0 Å². The van der Waals surface area contributed by atoms with Crippen molar-refractivity contribution in [2.75, 3.05) is 0 Å². The van der Waals surface area contributed by atoms with Gasteiger partial charge in [-0.05, 0) is 54.0 Å². The lowest BCUT2D eigenvalue weighted by molar-refractivity contribution is -0.114. The van der Waals surface area contributed by atoms with E-state index in [4.69, 9.17) is 11.5 Å². The lowest BCUT2D eigenvalue weighted by Gasteiger charge is -2.10. The number of carbonyl (C=O) groups excluding carboxylic acids is 1. The van der Waals surface area contributed by atoms with Crippen LogP contribution in [-0.4, -0.2) is 27.2 Å². The lowest BCUT2D eigenvalue weighted by Crippen LogP contribution is -2.24. The number of benzene rings is 2. The molecule has 2 rings (SSSR count). The minimum Gasteiger partial charge on any atom is -0.508 e. The lowest BCUT2D eigenvalue weighted by atomic mass is 9.97. The van der Waals surface area contributed by atoms with Crippen LogP contribution in [0, 0.1) is 0 Å². The minimum atomic E-state index is -0.621. The molecule has 0 aliphatic carbocycles. The van der Waals surface area contributed by atoms with Crippen molar-refractivity contribution in [1.29, 1.82) is 0 Å². The van der Waals surface area contributed by atoms with Gasteiger partial charge in [0.2, 0.25) is 0 Å². The number of rotatable bonds is 3. The Kier molecular flexibility index (Phi) is 4.74. The topological polar surface area (TPSA) is 142 Å². The van der Waals surface area contributed by atoms with Crippen LogP contribution in [0.15, 0.2) is 47.0 Å². The Bertz CT molecular complexity index is 853. The van der Waals surface area contributed by atoms with Crippen LogP contribution in [0.25, 0.3) is 17.2 Å². The summed E-state index contributed by atoms with van der Waals surface area (Å²) in [5, 5.41) is 29.1.